The molecule has 2 rings (SSSR count). The summed E-state index contributed by atoms with van der Waals surface area (Å²) in [5.74, 6) is 0.547. The van der Waals surface area contributed by atoms with Crippen LogP contribution in [0.15, 0.2) is 23.1 Å². The fourth-order valence-electron chi connectivity index (χ4n) is 3.04. The van der Waals surface area contributed by atoms with E-state index < -0.39 is 10.0 Å². The summed E-state index contributed by atoms with van der Waals surface area (Å²) in [6.45, 7) is 8.39. The molecule has 1 unspecified atom stereocenters. The van der Waals surface area contributed by atoms with Crippen LogP contribution >= 0.6 is 0 Å². The number of fused-ring (bicyclic) bond motifs is 1. The van der Waals surface area contributed by atoms with Gasteiger partial charge >= 0.3 is 0 Å². The molecule has 5 nitrogen and oxygen atoms in total. The van der Waals surface area contributed by atoms with Gasteiger partial charge in [0.2, 0.25) is 15.9 Å². The smallest absolute Gasteiger partial charge is 0.240 e. The maximum Gasteiger partial charge on any atom is 0.240 e. The van der Waals surface area contributed by atoms with Gasteiger partial charge in [-0.05, 0) is 62.3 Å². The second-order valence-corrected chi connectivity index (χ2v) is 8.77. The van der Waals surface area contributed by atoms with Crippen molar-refractivity contribution in [2.24, 2.45) is 5.92 Å². The number of aryl methyl sites for hydroxylation is 1. The van der Waals surface area contributed by atoms with Crippen molar-refractivity contribution < 1.29 is 13.2 Å². The van der Waals surface area contributed by atoms with Gasteiger partial charge in [-0.3, -0.25) is 4.79 Å². The van der Waals surface area contributed by atoms with Gasteiger partial charge in [-0.2, -0.15) is 0 Å². The van der Waals surface area contributed by atoms with E-state index in [0.717, 1.165) is 36.9 Å². The Balaban J connectivity index is 2.18. The number of sulfonamides is 1. The van der Waals surface area contributed by atoms with Gasteiger partial charge in [0, 0.05) is 25.2 Å². The minimum atomic E-state index is -3.53. The van der Waals surface area contributed by atoms with E-state index >= 15 is 0 Å². The van der Waals surface area contributed by atoms with E-state index in [9.17, 15) is 13.2 Å². The average Bonchev–Trinajstić information content (AvgIpc) is 2.51. The molecule has 24 heavy (non-hydrogen) atoms. The molecule has 134 valence electrons. The van der Waals surface area contributed by atoms with Gasteiger partial charge in [-0.25, -0.2) is 13.1 Å². The predicted molar refractivity (Wildman–Crippen MR) is 96.6 cm³/mol. The molecular weight excluding hydrogens is 324 g/mol. The van der Waals surface area contributed by atoms with Crippen LogP contribution in [0.3, 0.4) is 0 Å². The fraction of sp³-hybridized carbons (Fsp3) is 0.611. The zero-order valence-electron chi connectivity index (χ0n) is 15.0. The minimum absolute atomic E-state index is 0.00742. The molecule has 1 aliphatic heterocycles. The van der Waals surface area contributed by atoms with Gasteiger partial charge < -0.3 is 4.90 Å². The van der Waals surface area contributed by atoms with E-state index in [2.05, 4.69) is 18.6 Å². The van der Waals surface area contributed by atoms with Crippen molar-refractivity contribution in [2.75, 3.05) is 11.4 Å². The third-order valence-corrected chi connectivity index (χ3v) is 5.98. The first-order valence-electron chi connectivity index (χ1n) is 8.64. The van der Waals surface area contributed by atoms with Crippen molar-refractivity contribution in [3.05, 3.63) is 23.8 Å². The number of rotatable bonds is 6. The molecule has 0 aliphatic carbocycles. The van der Waals surface area contributed by atoms with Crippen LogP contribution in [0.25, 0.3) is 0 Å². The molecule has 1 heterocycles. The van der Waals surface area contributed by atoms with Crippen LogP contribution in [0.4, 0.5) is 5.69 Å². The number of nitrogens with one attached hydrogen (secondary N) is 1. The summed E-state index contributed by atoms with van der Waals surface area (Å²) in [6.07, 6.45) is 3.46. The quantitative estimate of drug-likeness (QED) is 0.855. The molecule has 1 aromatic carbocycles. The van der Waals surface area contributed by atoms with Crippen LogP contribution in [-0.2, 0) is 21.2 Å². The number of anilines is 1. The van der Waals surface area contributed by atoms with Gasteiger partial charge in [-0.15, -0.1) is 0 Å². The molecule has 1 N–H and O–H groups in total. The Hall–Kier alpha value is -1.40. The number of hydrogen-bond acceptors (Lipinski definition) is 3. The van der Waals surface area contributed by atoms with Crippen LogP contribution in [0.1, 0.15) is 52.5 Å². The summed E-state index contributed by atoms with van der Waals surface area (Å²) in [7, 11) is -3.53. The average molecular weight is 353 g/mol. The minimum Gasteiger partial charge on any atom is -0.312 e. The number of hydrogen-bond donors (Lipinski definition) is 1. The Morgan fingerprint density at radius 1 is 1.25 bits per heavy atom. The molecule has 0 fully saturated rings. The zero-order chi connectivity index (χ0) is 17.9. The Morgan fingerprint density at radius 2 is 1.96 bits per heavy atom. The Kier molecular flexibility index (Phi) is 6.04. The molecule has 6 heteroatoms. The van der Waals surface area contributed by atoms with E-state index in [0.29, 0.717) is 12.5 Å². The molecule has 0 spiro atoms. The van der Waals surface area contributed by atoms with Crippen LogP contribution in [0.5, 0.6) is 0 Å². The van der Waals surface area contributed by atoms with Crippen molar-refractivity contribution >= 4 is 21.6 Å². The third-order valence-electron chi connectivity index (χ3n) is 4.39. The fourth-order valence-corrected chi connectivity index (χ4v) is 4.37. The summed E-state index contributed by atoms with van der Waals surface area (Å²) in [4.78, 5) is 13.7. The summed E-state index contributed by atoms with van der Waals surface area (Å²) >= 11 is 0. The number of benzene rings is 1. The monoisotopic (exact) mass is 352 g/mol. The number of nitrogens with zero attached hydrogens (tertiary/aromatic N) is 1. The normalized spacial score (nSPS) is 16.1. The molecule has 1 aliphatic rings. The lowest BCUT2D eigenvalue weighted by atomic mass is 10.0. The van der Waals surface area contributed by atoms with Crippen molar-refractivity contribution in [3.63, 3.8) is 0 Å². The Morgan fingerprint density at radius 3 is 2.58 bits per heavy atom. The second-order valence-electron chi connectivity index (χ2n) is 7.06. The van der Waals surface area contributed by atoms with Gasteiger partial charge in [0.1, 0.15) is 0 Å². The molecule has 0 saturated heterocycles. The first kappa shape index (κ1) is 18.9. The van der Waals surface area contributed by atoms with Gasteiger partial charge in [0.05, 0.1) is 4.90 Å². The second kappa shape index (κ2) is 7.66. The molecule has 1 atom stereocenters. The van der Waals surface area contributed by atoms with E-state index in [1.165, 1.54) is 6.92 Å². The number of amides is 1. The highest BCUT2D eigenvalue weighted by atomic mass is 32.2. The number of carbonyl (C=O) groups excluding carboxylic acids is 1. The van der Waals surface area contributed by atoms with Crippen molar-refractivity contribution in [1.29, 1.82) is 0 Å². The molecule has 0 bridgehead atoms. The maximum atomic E-state index is 12.6. The summed E-state index contributed by atoms with van der Waals surface area (Å²) in [5.41, 5.74) is 1.76. The van der Waals surface area contributed by atoms with Gasteiger partial charge in [0.25, 0.3) is 0 Å². The highest BCUT2D eigenvalue weighted by Gasteiger charge is 2.23. The summed E-state index contributed by atoms with van der Waals surface area (Å²) in [6, 6.07) is 4.96. The topological polar surface area (TPSA) is 66.5 Å². The Bertz CT molecular complexity index is 698. The largest absolute Gasteiger partial charge is 0.312 e. The van der Waals surface area contributed by atoms with E-state index in [4.69, 9.17) is 0 Å². The van der Waals surface area contributed by atoms with Crippen LogP contribution in [0, 0.1) is 5.92 Å². The highest BCUT2D eigenvalue weighted by molar-refractivity contribution is 7.89. The van der Waals surface area contributed by atoms with Crippen molar-refractivity contribution in [2.45, 2.75) is 64.3 Å². The lowest BCUT2D eigenvalue weighted by Crippen LogP contribution is -2.35. The van der Waals surface area contributed by atoms with Gasteiger partial charge in [0.15, 0.2) is 0 Å². The van der Waals surface area contributed by atoms with E-state index in [1.807, 2.05) is 6.92 Å². The molecule has 1 aromatic rings. The number of carbonyl (C=O) groups is 1. The Labute approximate surface area is 145 Å². The molecule has 0 radical (unpaired) electrons. The zero-order valence-corrected chi connectivity index (χ0v) is 15.8. The summed E-state index contributed by atoms with van der Waals surface area (Å²) in [5, 5.41) is 0. The molecule has 0 saturated carbocycles. The standard InChI is InChI=1S/C18H28N2O3S/c1-13(2)7-8-14(3)19-24(22,23)17-9-10-18-16(12-17)6-5-11-20(18)15(4)21/h9-10,12-14,19H,5-8,11H2,1-4H3. The SMILES string of the molecule is CC(=O)N1CCCc2cc(S(=O)(=O)NC(C)CCC(C)C)ccc21. The van der Waals surface area contributed by atoms with E-state index in [-0.39, 0.29) is 16.8 Å². The maximum absolute atomic E-state index is 12.6. The molecular formula is C18H28N2O3S. The lowest BCUT2D eigenvalue weighted by Gasteiger charge is -2.29. The summed E-state index contributed by atoms with van der Waals surface area (Å²) < 4.78 is 28.0. The lowest BCUT2D eigenvalue weighted by molar-refractivity contribution is -0.116. The van der Waals surface area contributed by atoms with Crippen molar-refractivity contribution in [3.8, 4) is 0 Å². The first-order chi connectivity index (χ1) is 11.2. The van der Waals surface area contributed by atoms with Crippen LogP contribution in [-0.4, -0.2) is 26.9 Å². The van der Waals surface area contributed by atoms with E-state index in [1.54, 1.807) is 23.1 Å². The van der Waals surface area contributed by atoms with Crippen LogP contribution < -0.4 is 9.62 Å². The molecule has 0 aromatic heterocycles. The van der Waals surface area contributed by atoms with Crippen LogP contribution in [0.2, 0.25) is 0 Å². The third kappa shape index (κ3) is 4.57. The molecule has 1 amide bonds. The highest BCUT2D eigenvalue weighted by Crippen LogP contribution is 2.29. The first-order valence-corrected chi connectivity index (χ1v) is 10.1. The van der Waals surface area contributed by atoms with Crippen molar-refractivity contribution in [1.82, 2.24) is 4.72 Å². The van der Waals surface area contributed by atoms with Gasteiger partial charge in [-0.1, -0.05) is 13.8 Å². The predicted octanol–water partition coefficient (Wildman–Crippen LogP) is 3.09.